The predicted octanol–water partition coefficient (Wildman–Crippen LogP) is 3.23. The lowest BCUT2D eigenvalue weighted by Crippen LogP contribution is -2.21. The lowest BCUT2D eigenvalue weighted by molar-refractivity contribution is -0.114. The van der Waals surface area contributed by atoms with Crippen molar-refractivity contribution in [2.24, 2.45) is 0 Å². The van der Waals surface area contributed by atoms with Crippen molar-refractivity contribution in [1.82, 2.24) is 0 Å². The first-order chi connectivity index (χ1) is 10.1. The molecule has 0 aliphatic rings. The SMILES string of the molecule is Cc1cc(C)cc(NCC(=O)Nc2cccc(C#N)c2)c1. The van der Waals surface area contributed by atoms with Crippen LogP contribution >= 0.6 is 0 Å². The highest BCUT2D eigenvalue weighted by atomic mass is 16.1. The number of nitriles is 1. The van der Waals surface area contributed by atoms with Gasteiger partial charge in [-0.15, -0.1) is 0 Å². The third-order valence-electron chi connectivity index (χ3n) is 2.95. The van der Waals surface area contributed by atoms with Gasteiger partial charge < -0.3 is 10.6 Å². The second kappa shape index (κ2) is 6.58. The third kappa shape index (κ3) is 4.36. The Bertz CT molecular complexity index is 681. The van der Waals surface area contributed by atoms with E-state index >= 15 is 0 Å². The second-order valence-electron chi connectivity index (χ2n) is 4.97. The molecule has 2 rings (SSSR count). The van der Waals surface area contributed by atoms with Gasteiger partial charge in [0.1, 0.15) is 0 Å². The Labute approximate surface area is 124 Å². The fourth-order valence-electron chi connectivity index (χ4n) is 2.13. The Morgan fingerprint density at radius 1 is 1.10 bits per heavy atom. The number of benzene rings is 2. The molecular weight excluding hydrogens is 262 g/mol. The zero-order chi connectivity index (χ0) is 15.2. The molecule has 2 aromatic rings. The van der Waals surface area contributed by atoms with Crippen LogP contribution in [0.4, 0.5) is 11.4 Å². The summed E-state index contributed by atoms with van der Waals surface area (Å²) in [6.07, 6.45) is 0. The zero-order valence-electron chi connectivity index (χ0n) is 12.1. The fraction of sp³-hybridized carbons (Fsp3) is 0.176. The van der Waals surface area contributed by atoms with Gasteiger partial charge in [-0.1, -0.05) is 12.1 Å². The van der Waals surface area contributed by atoms with Crippen LogP contribution in [0.3, 0.4) is 0 Å². The summed E-state index contributed by atoms with van der Waals surface area (Å²) in [4.78, 5) is 11.9. The molecule has 0 saturated carbocycles. The highest BCUT2D eigenvalue weighted by Gasteiger charge is 2.03. The van der Waals surface area contributed by atoms with E-state index in [4.69, 9.17) is 5.26 Å². The van der Waals surface area contributed by atoms with Crippen LogP contribution in [0.15, 0.2) is 42.5 Å². The van der Waals surface area contributed by atoms with Gasteiger partial charge in [0.25, 0.3) is 0 Å². The van der Waals surface area contributed by atoms with Gasteiger partial charge in [-0.05, 0) is 55.3 Å². The van der Waals surface area contributed by atoms with E-state index in [9.17, 15) is 4.79 Å². The molecule has 0 radical (unpaired) electrons. The molecule has 0 aliphatic carbocycles. The highest BCUT2D eigenvalue weighted by molar-refractivity contribution is 5.93. The molecule has 4 nitrogen and oxygen atoms in total. The molecule has 0 heterocycles. The van der Waals surface area contributed by atoms with Crippen LogP contribution < -0.4 is 10.6 Å². The monoisotopic (exact) mass is 279 g/mol. The van der Waals surface area contributed by atoms with Crippen LogP contribution in [-0.2, 0) is 4.79 Å². The molecule has 0 spiro atoms. The standard InChI is InChI=1S/C17H17N3O/c1-12-6-13(2)8-16(7-12)19-11-17(21)20-15-5-3-4-14(9-15)10-18/h3-9,19H,11H2,1-2H3,(H,20,21). The van der Waals surface area contributed by atoms with E-state index in [1.807, 2.05) is 32.0 Å². The molecule has 0 fully saturated rings. The van der Waals surface area contributed by atoms with Crippen molar-refractivity contribution < 1.29 is 4.79 Å². The Balaban J connectivity index is 1.94. The van der Waals surface area contributed by atoms with E-state index in [1.54, 1.807) is 24.3 Å². The average molecular weight is 279 g/mol. The van der Waals surface area contributed by atoms with Gasteiger partial charge in [-0.2, -0.15) is 5.26 Å². The highest BCUT2D eigenvalue weighted by Crippen LogP contribution is 2.14. The van der Waals surface area contributed by atoms with Crippen molar-refractivity contribution >= 4 is 17.3 Å². The summed E-state index contributed by atoms with van der Waals surface area (Å²) in [5.74, 6) is -0.149. The Hall–Kier alpha value is -2.80. The molecule has 0 aromatic heterocycles. The van der Waals surface area contributed by atoms with Crippen LogP contribution in [0.1, 0.15) is 16.7 Å². The quantitative estimate of drug-likeness (QED) is 0.903. The zero-order valence-corrected chi connectivity index (χ0v) is 12.1. The minimum atomic E-state index is -0.149. The number of carbonyl (C=O) groups excluding carboxylic acids is 1. The summed E-state index contributed by atoms with van der Waals surface area (Å²) in [6, 6.07) is 15.0. The number of rotatable bonds is 4. The number of aryl methyl sites for hydroxylation is 2. The molecule has 2 N–H and O–H groups in total. The molecule has 2 aromatic carbocycles. The molecule has 0 atom stereocenters. The maximum atomic E-state index is 11.9. The van der Waals surface area contributed by atoms with Gasteiger partial charge in [0.05, 0.1) is 18.2 Å². The fourth-order valence-corrected chi connectivity index (χ4v) is 2.13. The maximum Gasteiger partial charge on any atom is 0.243 e. The van der Waals surface area contributed by atoms with Crippen molar-refractivity contribution in [1.29, 1.82) is 5.26 Å². The van der Waals surface area contributed by atoms with E-state index in [-0.39, 0.29) is 12.5 Å². The first kappa shape index (κ1) is 14.6. The summed E-state index contributed by atoms with van der Waals surface area (Å²) in [7, 11) is 0. The van der Waals surface area contributed by atoms with Crippen LogP contribution in [-0.4, -0.2) is 12.5 Å². The number of anilines is 2. The van der Waals surface area contributed by atoms with Gasteiger partial charge in [0, 0.05) is 11.4 Å². The summed E-state index contributed by atoms with van der Waals surface area (Å²) in [5, 5.41) is 14.7. The van der Waals surface area contributed by atoms with Crippen LogP contribution in [0.25, 0.3) is 0 Å². The minimum absolute atomic E-state index is 0.149. The van der Waals surface area contributed by atoms with Crippen molar-refractivity contribution in [3.63, 3.8) is 0 Å². The molecule has 0 saturated heterocycles. The van der Waals surface area contributed by atoms with Crippen molar-refractivity contribution in [2.45, 2.75) is 13.8 Å². The normalized spacial score (nSPS) is 9.76. The molecule has 4 heteroatoms. The van der Waals surface area contributed by atoms with Gasteiger partial charge in [-0.3, -0.25) is 4.79 Å². The van der Waals surface area contributed by atoms with Gasteiger partial charge in [0.2, 0.25) is 5.91 Å². The molecule has 0 aliphatic heterocycles. The third-order valence-corrected chi connectivity index (χ3v) is 2.95. The topological polar surface area (TPSA) is 64.9 Å². The molecule has 21 heavy (non-hydrogen) atoms. The van der Waals surface area contributed by atoms with Gasteiger partial charge in [-0.25, -0.2) is 0 Å². The van der Waals surface area contributed by atoms with E-state index in [2.05, 4.69) is 16.7 Å². The average Bonchev–Trinajstić information content (AvgIpc) is 2.44. The summed E-state index contributed by atoms with van der Waals surface area (Å²) in [6.45, 7) is 4.22. The number of hydrogen-bond acceptors (Lipinski definition) is 3. The summed E-state index contributed by atoms with van der Waals surface area (Å²) >= 11 is 0. The lowest BCUT2D eigenvalue weighted by atomic mass is 10.1. The van der Waals surface area contributed by atoms with E-state index in [0.717, 1.165) is 16.8 Å². The number of nitrogens with zero attached hydrogens (tertiary/aromatic N) is 1. The van der Waals surface area contributed by atoms with Crippen LogP contribution in [0, 0.1) is 25.2 Å². The second-order valence-corrected chi connectivity index (χ2v) is 4.97. The van der Waals surface area contributed by atoms with Gasteiger partial charge in [0.15, 0.2) is 0 Å². The van der Waals surface area contributed by atoms with Crippen molar-refractivity contribution in [3.8, 4) is 6.07 Å². The van der Waals surface area contributed by atoms with Gasteiger partial charge >= 0.3 is 0 Å². The summed E-state index contributed by atoms with van der Waals surface area (Å²) < 4.78 is 0. The maximum absolute atomic E-state index is 11.9. The summed E-state index contributed by atoms with van der Waals surface area (Å²) in [5.41, 5.74) is 4.38. The lowest BCUT2D eigenvalue weighted by Gasteiger charge is -2.09. The molecule has 1 amide bonds. The largest absolute Gasteiger partial charge is 0.376 e. The van der Waals surface area contributed by atoms with Crippen LogP contribution in [0.2, 0.25) is 0 Å². The molecule has 0 bridgehead atoms. The first-order valence-corrected chi connectivity index (χ1v) is 6.69. The Morgan fingerprint density at radius 3 is 2.48 bits per heavy atom. The van der Waals surface area contributed by atoms with Crippen LogP contribution in [0.5, 0.6) is 0 Å². The van der Waals surface area contributed by atoms with Crippen molar-refractivity contribution in [3.05, 3.63) is 59.2 Å². The molecule has 106 valence electrons. The first-order valence-electron chi connectivity index (χ1n) is 6.69. The number of amides is 1. The number of nitrogens with one attached hydrogen (secondary N) is 2. The van der Waals surface area contributed by atoms with E-state index < -0.39 is 0 Å². The smallest absolute Gasteiger partial charge is 0.243 e. The number of hydrogen-bond donors (Lipinski definition) is 2. The predicted molar refractivity (Wildman–Crippen MR) is 84.2 cm³/mol. The molecular formula is C17H17N3O. The Morgan fingerprint density at radius 2 is 1.81 bits per heavy atom. The molecule has 0 unspecified atom stereocenters. The number of carbonyl (C=O) groups is 1. The van der Waals surface area contributed by atoms with E-state index in [0.29, 0.717) is 11.3 Å². The minimum Gasteiger partial charge on any atom is -0.376 e. The Kier molecular flexibility index (Phi) is 4.57. The van der Waals surface area contributed by atoms with Crippen molar-refractivity contribution in [2.75, 3.05) is 17.2 Å². The van der Waals surface area contributed by atoms with E-state index in [1.165, 1.54) is 0 Å².